The molecule has 2 amide bonds. The van der Waals surface area contributed by atoms with Crippen LogP contribution >= 0.6 is 0 Å². The molecule has 0 aliphatic heterocycles. The molecule has 1 aliphatic rings. The third kappa shape index (κ3) is 4.52. The minimum Gasteiger partial charge on any atom is -0.480 e. The van der Waals surface area contributed by atoms with Gasteiger partial charge < -0.3 is 21.1 Å². The number of nitrogens with zero attached hydrogens (tertiary/aromatic N) is 1. The number of rotatable bonds is 5. The summed E-state index contributed by atoms with van der Waals surface area (Å²) in [6, 6.07) is -0.364. The molecule has 4 N–H and O–H groups in total. The summed E-state index contributed by atoms with van der Waals surface area (Å²) in [5.41, 5.74) is 5.95. The average molecular weight is 257 g/mol. The molecule has 0 aromatic heterocycles. The van der Waals surface area contributed by atoms with Gasteiger partial charge in [-0.1, -0.05) is 19.8 Å². The highest BCUT2D eigenvalue weighted by Crippen LogP contribution is 2.17. The van der Waals surface area contributed by atoms with Gasteiger partial charge in [0.2, 0.25) is 0 Å². The van der Waals surface area contributed by atoms with Gasteiger partial charge in [0.05, 0.1) is 0 Å². The first kappa shape index (κ1) is 14.8. The number of aliphatic carboxylic acids is 1. The van der Waals surface area contributed by atoms with Gasteiger partial charge in [-0.05, 0) is 19.3 Å². The summed E-state index contributed by atoms with van der Waals surface area (Å²) in [4.78, 5) is 24.0. The van der Waals surface area contributed by atoms with Gasteiger partial charge in [-0.15, -0.1) is 0 Å². The molecule has 18 heavy (non-hydrogen) atoms. The summed E-state index contributed by atoms with van der Waals surface area (Å²) in [5, 5.41) is 11.6. The maximum absolute atomic E-state index is 12.0. The lowest BCUT2D eigenvalue weighted by Gasteiger charge is -2.31. The predicted molar refractivity (Wildman–Crippen MR) is 68.3 cm³/mol. The number of nitrogens with one attached hydrogen (secondary N) is 1. The number of carboxylic acid groups (broad SMARTS) is 1. The van der Waals surface area contributed by atoms with E-state index in [1.807, 2.05) is 6.92 Å². The third-order valence-corrected chi connectivity index (χ3v) is 3.24. The van der Waals surface area contributed by atoms with Crippen molar-refractivity contribution in [3.63, 3.8) is 0 Å². The third-order valence-electron chi connectivity index (χ3n) is 3.24. The number of urea groups is 1. The van der Waals surface area contributed by atoms with Crippen LogP contribution in [0.25, 0.3) is 0 Å². The lowest BCUT2D eigenvalue weighted by Crippen LogP contribution is -2.54. The van der Waals surface area contributed by atoms with E-state index < -0.39 is 5.97 Å². The second kappa shape index (κ2) is 7.20. The Balaban J connectivity index is 2.51. The van der Waals surface area contributed by atoms with Gasteiger partial charge in [-0.25, -0.2) is 4.79 Å². The van der Waals surface area contributed by atoms with Crippen LogP contribution in [0.1, 0.15) is 39.0 Å². The molecule has 6 nitrogen and oxygen atoms in total. The summed E-state index contributed by atoms with van der Waals surface area (Å²) in [6.07, 6.45) is 4.68. The monoisotopic (exact) mass is 257 g/mol. The molecule has 1 aliphatic carbocycles. The van der Waals surface area contributed by atoms with Crippen LogP contribution in [0.3, 0.4) is 0 Å². The Labute approximate surface area is 108 Å². The van der Waals surface area contributed by atoms with Crippen molar-refractivity contribution in [3.8, 4) is 0 Å². The largest absolute Gasteiger partial charge is 0.480 e. The van der Waals surface area contributed by atoms with E-state index in [-0.39, 0.29) is 24.7 Å². The standard InChI is InChI=1S/C12H23N3O3/c1-2-7-15(8-11(16)17)12(18)14-10-6-4-3-5-9(10)13/h9-10H,2-8,13H2,1H3,(H,14,18)(H,16,17). The summed E-state index contributed by atoms with van der Waals surface area (Å²) >= 11 is 0. The highest BCUT2D eigenvalue weighted by atomic mass is 16.4. The summed E-state index contributed by atoms with van der Waals surface area (Å²) < 4.78 is 0. The first-order chi connectivity index (χ1) is 8.54. The van der Waals surface area contributed by atoms with Crippen LogP contribution in [0.2, 0.25) is 0 Å². The van der Waals surface area contributed by atoms with Gasteiger partial charge >= 0.3 is 12.0 Å². The number of carboxylic acids is 1. The molecular weight excluding hydrogens is 234 g/mol. The normalized spacial score (nSPS) is 23.4. The van der Waals surface area contributed by atoms with E-state index in [9.17, 15) is 9.59 Å². The number of nitrogens with two attached hydrogens (primary N) is 1. The van der Waals surface area contributed by atoms with Crippen molar-refractivity contribution in [3.05, 3.63) is 0 Å². The van der Waals surface area contributed by atoms with Crippen molar-refractivity contribution in [1.82, 2.24) is 10.2 Å². The molecule has 1 fully saturated rings. The molecule has 6 heteroatoms. The Morgan fingerprint density at radius 2 is 2.06 bits per heavy atom. The van der Waals surface area contributed by atoms with Crippen molar-refractivity contribution < 1.29 is 14.7 Å². The van der Waals surface area contributed by atoms with Crippen LogP contribution in [-0.2, 0) is 4.79 Å². The molecule has 0 heterocycles. The SMILES string of the molecule is CCCN(CC(=O)O)C(=O)NC1CCCCC1N. The minimum absolute atomic E-state index is 0.0176. The number of amides is 2. The molecule has 0 spiro atoms. The Morgan fingerprint density at radius 3 is 2.61 bits per heavy atom. The molecule has 0 saturated heterocycles. The Morgan fingerprint density at radius 1 is 1.39 bits per heavy atom. The van der Waals surface area contributed by atoms with Gasteiger partial charge in [0.15, 0.2) is 0 Å². The van der Waals surface area contributed by atoms with Crippen molar-refractivity contribution in [1.29, 1.82) is 0 Å². The zero-order valence-corrected chi connectivity index (χ0v) is 10.9. The van der Waals surface area contributed by atoms with E-state index >= 15 is 0 Å². The Kier molecular flexibility index (Phi) is 5.91. The second-order valence-corrected chi connectivity index (χ2v) is 4.82. The maximum atomic E-state index is 12.0. The van der Waals surface area contributed by atoms with Crippen molar-refractivity contribution >= 4 is 12.0 Å². The second-order valence-electron chi connectivity index (χ2n) is 4.82. The summed E-state index contributed by atoms with van der Waals surface area (Å²) in [6.45, 7) is 2.09. The topological polar surface area (TPSA) is 95.7 Å². The molecule has 0 radical (unpaired) electrons. The van der Waals surface area contributed by atoms with Crippen LogP contribution in [0.15, 0.2) is 0 Å². The zero-order valence-electron chi connectivity index (χ0n) is 10.9. The predicted octanol–water partition coefficient (Wildman–Crippen LogP) is 0.763. The fraction of sp³-hybridized carbons (Fsp3) is 0.833. The van der Waals surface area contributed by atoms with Crippen LogP contribution in [-0.4, -0.2) is 47.2 Å². The van der Waals surface area contributed by atoms with E-state index in [4.69, 9.17) is 10.8 Å². The molecule has 1 rings (SSSR count). The molecule has 0 aromatic carbocycles. The number of hydrogen-bond donors (Lipinski definition) is 3. The van der Waals surface area contributed by atoms with Crippen molar-refractivity contribution in [2.45, 2.75) is 51.1 Å². The number of carbonyl (C=O) groups is 2. The van der Waals surface area contributed by atoms with E-state index in [1.165, 1.54) is 4.90 Å². The molecule has 0 bridgehead atoms. The molecule has 2 atom stereocenters. The highest BCUT2D eigenvalue weighted by Gasteiger charge is 2.25. The van der Waals surface area contributed by atoms with Crippen LogP contribution in [0, 0.1) is 0 Å². The van der Waals surface area contributed by atoms with Gasteiger partial charge in [0.1, 0.15) is 6.54 Å². The van der Waals surface area contributed by atoms with Crippen LogP contribution in [0.4, 0.5) is 4.79 Å². The van der Waals surface area contributed by atoms with Crippen molar-refractivity contribution in [2.75, 3.05) is 13.1 Å². The lowest BCUT2D eigenvalue weighted by molar-refractivity contribution is -0.137. The lowest BCUT2D eigenvalue weighted by atomic mass is 9.91. The van der Waals surface area contributed by atoms with E-state index in [0.29, 0.717) is 6.54 Å². The molecular formula is C12H23N3O3. The quantitative estimate of drug-likeness (QED) is 0.677. The molecule has 2 unspecified atom stereocenters. The maximum Gasteiger partial charge on any atom is 0.323 e. The smallest absolute Gasteiger partial charge is 0.323 e. The fourth-order valence-electron chi connectivity index (χ4n) is 2.27. The molecule has 0 aromatic rings. The van der Waals surface area contributed by atoms with E-state index in [1.54, 1.807) is 0 Å². The molecule has 1 saturated carbocycles. The van der Waals surface area contributed by atoms with Gasteiger partial charge in [-0.2, -0.15) is 0 Å². The number of carbonyl (C=O) groups excluding carboxylic acids is 1. The molecule has 104 valence electrons. The van der Waals surface area contributed by atoms with E-state index in [2.05, 4.69) is 5.32 Å². The van der Waals surface area contributed by atoms with Gasteiger partial charge in [0.25, 0.3) is 0 Å². The van der Waals surface area contributed by atoms with Gasteiger partial charge in [-0.3, -0.25) is 4.79 Å². The Hall–Kier alpha value is -1.30. The first-order valence-corrected chi connectivity index (χ1v) is 6.57. The minimum atomic E-state index is -0.994. The van der Waals surface area contributed by atoms with Crippen LogP contribution in [0.5, 0.6) is 0 Å². The van der Waals surface area contributed by atoms with Gasteiger partial charge in [0, 0.05) is 18.6 Å². The fourth-order valence-corrected chi connectivity index (χ4v) is 2.27. The first-order valence-electron chi connectivity index (χ1n) is 6.57. The summed E-state index contributed by atoms with van der Waals surface area (Å²) in [5.74, 6) is -0.994. The zero-order chi connectivity index (χ0) is 13.5. The van der Waals surface area contributed by atoms with Crippen molar-refractivity contribution in [2.24, 2.45) is 5.73 Å². The summed E-state index contributed by atoms with van der Waals surface area (Å²) in [7, 11) is 0. The van der Waals surface area contributed by atoms with Crippen LogP contribution < -0.4 is 11.1 Å². The highest BCUT2D eigenvalue weighted by molar-refractivity contribution is 5.80. The number of hydrogen-bond acceptors (Lipinski definition) is 3. The van der Waals surface area contributed by atoms with E-state index in [0.717, 1.165) is 32.1 Å². The Bertz CT molecular complexity index is 296. The average Bonchev–Trinajstić information content (AvgIpc) is 2.31.